The maximum atomic E-state index is 5.43. The molecule has 0 heterocycles. The van der Waals surface area contributed by atoms with Gasteiger partial charge in [0.1, 0.15) is 11.5 Å². The van der Waals surface area contributed by atoms with Crippen molar-refractivity contribution in [2.45, 2.75) is 6.92 Å². The summed E-state index contributed by atoms with van der Waals surface area (Å²) in [6.45, 7) is 2.13. The van der Waals surface area contributed by atoms with Gasteiger partial charge in [0.05, 0.1) is 14.2 Å². The molecule has 0 N–H and O–H groups in total. The number of rotatable bonds is 20. The van der Waals surface area contributed by atoms with E-state index in [1.165, 1.54) is 76.9 Å². The van der Waals surface area contributed by atoms with Crippen LogP contribution in [0.1, 0.15) is 5.56 Å². The summed E-state index contributed by atoms with van der Waals surface area (Å²) in [5, 5.41) is 7.36. The first-order valence-corrected chi connectivity index (χ1v) is 39.2. The molecule has 0 atom stereocenters. The van der Waals surface area contributed by atoms with Gasteiger partial charge in [-0.1, -0.05) is 237 Å². The van der Waals surface area contributed by atoms with Gasteiger partial charge in [0.25, 0.3) is 0 Å². The summed E-state index contributed by atoms with van der Waals surface area (Å²) in [6.07, 6.45) is 0. The van der Waals surface area contributed by atoms with Crippen molar-refractivity contribution < 1.29 is 9.47 Å². The molecule has 0 aliphatic heterocycles. The lowest BCUT2D eigenvalue weighted by Gasteiger charge is -2.27. The van der Waals surface area contributed by atoms with Crippen LogP contribution in [0.15, 0.2) is 437 Å². The molecule has 18 rings (SSSR count). The molecule has 0 unspecified atom stereocenters. The van der Waals surface area contributed by atoms with E-state index in [2.05, 4.69) is 464 Å². The molecule has 0 bridgehead atoms. The van der Waals surface area contributed by atoms with Crippen molar-refractivity contribution in [2.75, 3.05) is 64.8 Å². The number of hydrogen-bond donors (Lipinski definition) is 0. The number of benzene rings is 18. The molecule has 8 heteroatoms. The molecule has 8 nitrogen and oxygen atoms in total. The summed E-state index contributed by atoms with van der Waals surface area (Å²) < 4.78 is 10.7. The highest BCUT2D eigenvalue weighted by Crippen LogP contribution is 2.44. The third-order valence-corrected chi connectivity index (χ3v) is 21.4. The molecule has 0 aliphatic rings. The van der Waals surface area contributed by atoms with E-state index in [1.54, 1.807) is 14.2 Å². The first-order valence-electron chi connectivity index (χ1n) is 39.2. The summed E-state index contributed by atoms with van der Waals surface area (Å²) in [5.41, 5.74) is 25.2. The molecule has 0 fully saturated rings. The van der Waals surface area contributed by atoms with Crippen molar-refractivity contribution in [1.29, 1.82) is 0 Å². The Bertz CT molecular complexity index is 6320. The highest BCUT2D eigenvalue weighted by atomic mass is 16.5. The number of ether oxygens (including phenoxy) is 2. The van der Waals surface area contributed by atoms with Gasteiger partial charge < -0.3 is 38.9 Å². The predicted octanol–water partition coefficient (Wildman–Crippen LogP) is 29.6. The lowest BCUT2D eigenvalue weighted by atomic mass is 10.0. The van der Waals surface area contributed by atoms with Crippen molar-refractivity contribution in [3.63, 3.8) is 0 Å². The van der Waals surface area contributed by atoms with E-state index < -0.39 is 0 Å². The summed E-state index contributed by atoms with van der Waals surface area (Å²) in [5.74, 6) is 1.70. The van der Waals surface area contributed by atoms with Crippen molar-refractivity contribution in [1.82, 2.24) is 0 Å². The first-order chi connectivity index (χ1) is 57.0. The molecular weight excluding hydrogens is 1410 g/mol. The van der Waals surface area contributed by atoms with Gasteiger partial charge in [-0.3, -0.25) is 0 Å². The lowest BCUT2D eigenvalue weighted by Crippen LogP contribution is -2.12. The zero-order valence-corrected chi connectivity index (χ0v) is 66.1. The maximum Gasteiger partial charge on any atom is 0.120 e. The Morgan fingerprint density at radius 1 is 0.164 bits per heavy atom. The van der Waals surface area contributed by atoms with Crippen LogP contribution < -0.4 is 38.9 Å². The second-order valence-corrected chi connectivity index (χ2v) is 28.8. The maximum absolute atomic E-state index is 5.43. The van der Waals surface area contributed by atoms with Crippen molar-refractivity contribution in [3.8, 4) is 44.9 Å². The minimum absolute atomic E-state index is 0.844. The second kappa shape index (κ2) is 35.2. The number of hydrogen-bond acceptors (Lipinski definition) is 8. The van der Waals surface area contributed by atoms with Crippen LogP contribution in [0.2, 0.25) is 0 Å². The van der Waals surface area contributed by atoms with Crippen LogP contribution in [-0.2, 0) is 0 Å². The summed E-state index contributed by atoms with van der Waals surface area (Å²) in [7, 11) is 9.67. The molecule has 116 heavy (non-hydrogen) atoms. The molecule has 0 aromatic heterocycles. The van der Waals surface area contributed by atoms with Crippen LogP contribution in [0.3, 0.4) is 0 Å². The normalized spacial score (nSPS) is 10.8. The van der Waals surface area contributed by atoms with Gasteiger partial charge in [-0.15, -0.1) is 0 Å². The van der Waals surface area contributed by atoms with Gasteiger partial charge in [0, 0.05) is 113 Å². The van der Waals surface area contributed by atoms with Gasteiger partial charge in [-0.05, 0) is 272 Å². The van der Waals surface area contributed by atoms with Gasteiger partial charge in [-0.25, -0.2) is 0 Å². The number of fused-ring (bicyclic) bond motifs is 3. The highest BCUT2D eigenvalue weighted by molar-refractivity contribution is 5.94. The van der Waals surface area contributed by atoms with Crippen LogP contribution >= 0.6 is 0 Å². The molecule has 0 aliphatic carbocycles. The summed E-state index contributed by atoms with van der Waals surface area (Å²) >= 11 is 0. The SMILES string of the molecule is COc1ccc(N(C)c2ccc(N(c3cccc(-c4ccccc4)c3)c3ccc4ccccc4c3)cc2)cc1.COc1cccc(N(C)c2ccc(N(c3cccc(-c4ccccc4)c3)c3ccc4ccccc4c3)cc2)c1.Cc1cccc(N(C)c2ccc(N(c3cccc(-c4ccccc4)c3)c3ccc4ccccc4c3)cc2)c1. The van der Waals surface area contributed by atoms with Crippen LogP contribution in [-0.4, -0.2) is 35.4 Å². The quantitative estimate of drug-likeness (QED) is 0.0747. The Balaban J connectivity index is 0.000000131. The van der Waals surface area contributed by atoms with Crippen LogP contribution in [0.5, 0.6) is 11.5 Å². The summed E-state index contributed by atoms with van der Waals surface area (Å²) in [4.78, 5) is 13.6. The third kappa shape index (κ3) is 17.3. The fraction of sp³-hybridized carbons (Fsp3) is 0.0556. The van der Waals surface area contributed by atoms with E-state index in [-0.39, 0.29) is 0 Å². The Morgan fingerprint density at radius 2 is 0.414 bits per heavy atom. The van der Waals surface area contributed by atoms with Crippen LogP contribution in [0.25, 0.3) is 65.7 Å². The van der Waals surface area contributed by atoms with Gasteiger partial charge >= 0.3 is 0 Å². The average Bonchev–Trinajstić information content (AvgIpc) is 0.791. The molecule has 0 amide bonds. The highest BCUT2D eigenvalue weighted by Gasteiger charge is 2.20. The summed E-state index contributed by atoms with van der Waals surface area (Å²) in [6, 6.07) is 155. The fourth-order valence-electron chi connectivity index (χ4n) is 15.0. The monoisotopic (exact) mass is 1500 g/mol. The van der Waals surface area contributed by atoms with Gasteiger partial charge in [-0.2, -0.15) is 0 Å². The van der Waals surface area contributed by atoms with Crippen LogP contribution in [0, 0.1) is 6.92 Å². The van der Waals surface area contributed by atoms with E-state index in [0.717, 1.165) is 91.1 Å². The lowest BCUT2D eigenvalue weighted by molar-refractivity contribution is 0.415. The Kier molecular flexibility index (Phi) is 22.8. The molecule has 18 aromatic rings. The molecule has 564 valence electrons. The molecule has 0 saturated carbocycles. The van der Waals surface area contributed by atoms with Crippen molar-refractivity contribution in [2.24, 2.45) is 0 Å². The third-order valence-electron chi connectivity index (χ3n) is 21.4. The molecule has 0 saturated heterocycles. The predicted molar refractivity (Wildman–Crippen MR) is 494 cm³/mol. The van der Waals surface area contributed by atoms with Gasteiger partial charge in [0.15, 0.2) is 0 Å². The molecule has 18 aromatic carbocycles. The Hall–Kier alpha value is -14.9. The van der Waals surface area contributed by atoms with E-state index >= 15 is 0 Å². The molecular formula is C108H90N6O2. The van der Waals surface area contributed by atoms with Crippen LogP contribution in [0.4, 0.5) is 85.3 Å². The number of anilines is 15. The fourth-order valence-corrected chi connectivity index (χ4v) is 15.0. The second-order valence-electron chi connectivity index (χ2n) is 28.8. The zero-order chi connectivity index (χ0) is 79.1. The standard InChI is InChI=1S/2C36H30N2O.C36H30N2/c1-37(33-15-9-17-36(26-33)39-2)31-20-22-32(23-21-31)38(35-19-18-28-12-6-7-13-29(28)25-35)34-16-8-14-30(24-34)27-10-4-3-5-11-27;1-37(32-21-23-36(39-2)24-22-32)31-17-19-33(20-18-31)38(35-16-15-28-11-6-7-12-29(28)26-35)34-14-8-13-30(25-34)27-9-4-3-5-10-27;1-27-10-8-16-34(24-27)37(2)32-20-22-33(23-21-32)38(36-19-18-29-13-6-7-14-30(29)26-36)35-17-9-15-31(25-35)28-11-4-3-5-12-28/h2*3-26H,1-2H3;3-26H,1-2H3. The van der Waals surface area contributed by atoms with E-state index in [1.807, 2.05) is 30.3 Å². The smallest absolute Gasteiger partial charge is 0.120 e. The Labute approximate surface area is 681 Å². The number of methoxy groups -OCH3 is 2. The van der Waals surface area contributed by atoms with Crippen molar-refractivity contribution in [3.05, 3.63) is 442 Å². The zero-order valence-electron chi connectivity index (χ0n) is 66.1. The van der Waals surface area contributed by atoms with E-state index in [4.69, 9.17) is 9.47 Å². The Morgan fingerprint density at radius 3 is 0.750 bits per heavy atom. The van der Waals surface area contributed by atoms with E-state index in [9.17, 15) is 0 Å². The molecule has 0 radical (unpaired) electrons. The largest absolute Gasteiger partial charge is 0.497 e. The number of aryl methyl sites for hydroxylation is 1. The average molecular weight is 1500 g/mol. The molecule has 0 spiro atoms. The number of nitrogens with zero attached hydrogens (tertiary/aromatic N) is 6. The minimum Gasteiger partial charge on any atom is -0.497 e. The van der Waals surface area contributed by atoms with Gasteiger partial charge in [0.2, 0.25) is 0 Å². The topological polar surface area (TPSA) is 37.9 Å². The minimum atomic E-state index is 0.844. The van der Waals surface area contributed by atoms with Crippen molar-refractivity contribution >= 4 is 118 Å². The van der Waals surface area contributed by atoms with E-state index in [0.29, 0.717) is 0 Å². The first kappa shape index (κ1) is 75.2.